The van der Waals surface area contributed by atoms with Crippen molar-refractivity contribution >= 4 is 11.5 Å². The summed E-state index contributed by atoms with van der Waals surface area (Å²) in [6.07, 6.45) is 0.433. The largest absolute Gasteiger partial charge is 0.380 e. The molecule has 2 aromatic rings. The monoisotopic (exact) mass is 295 g/mol. The number of carbonyl (C=O) groups is 1. The summed E-state index contributed by atoms with van der Waals surface area (Å²) in [5, 5.41) is 3.50. The summed E-state index contributed by atoms with van der Waals surface area (Å²) >= 11 is 0. The summed E-state index contributed by atoms with van der Waals surface area (Å²) in [6.45, 7) is 10.5. The third kappa shape index (κ3) is 4.45. The van der Waals surface area contributed by atoms with Crippen molar-refractivity contribution in [3.8, 4) is 0 Å². The third-order valence-corrected chi connectivity index (χ3v) is 3.52. The van der Waals surface area contributed by atoms with Gasteiger partial charge in [0.25, 0.3) is 0 Å². The molecule has 0 aliphatic rings. The molecule has 22 heavy (non-hydrogen) atoms. The normalized spacial score (nSPS) is 11.3. The van der Waals surface area contributed by atoms with Crippen LogP contribution < -0.4 is 5.32 Å². The van der Waals surface area contributed by atoms with Gasteiger partial charge in [0.1, 0.15) is 0 Å². The van der Waals surface area contributed by atoms with Crippen molar-refractivity contribution in [3.05, 3.63) is 64.7 Å². The number of carbonyl (C=O) groups excluding carboxylic acids is 1. The van der Waals surface area contributed by atoms with Crippen LogP contribution in [0.3, 0.4) is 0 Å². The zero-order valence-corrected chi connectivity index (χ0v) is 14.2. The van der Waals surface area contributed by atoms with E-state index in [0.29, 0.717) is 6.42 Å². The van der Waals surface area contributed by atoms with Gasteiger partial charge in [-0.3, -0.25) is 4.79 Å². The van der Waals surface area contributed by atoms with Crippen molar-refractivity contribution in [3.63, 3.8) is 0 Å². The van der Waals surface area contributed by atoms with Crippen molar-refractivity contribution in [1.82, 2.24) is 0 Å². The number of benzene rings is 2. The lowest BCUT2D eigenvalue weighted by molar-refractivity contribution is 0.0993. The lowest BCUT2D eigenvalue weighted by Gasteiger charge is -2.24. The fraction of sp³-hybridized carbons (Fsp3) is 0.350. The zero-order valence-electron chi connectivity index (χ0n) is 14.2. The van der Waals surface area contributed by atoms with E-state index >= 15 is 0 Å². The molecule has 0 aromatic heterocycles. The Morgan fingerprint density at radius 3 is 2.41 bits per heavy atom. The van der Waals surface area contributed by atoms with Crippen LogP contribution in [0.1, 0.15) is 47.8 Å². The van der Waals surface area contributed by atoms with E-state index in [0.717, 1.165) is 22.4 Å². The van der Waals surface area contributed by atoms with Gasteiger partial charge >= 0.3 is 0 Å². The van der Waals surface area contributed by atoms with E-state index in [4.69, 9.17) is 0 Å². The lowest BCUT2D eigenvalue weighted by Crippen LogP contribution is -2.26. The minimum Gasteiger partial charge on any atom is -0.380 e. The molecule has 0 atom stereocenters. The van der Waals surface area contributed by atoms with Crippen LogP contribution in [-0.2, 0) is 6.42 Å². The van der Waals surface area contributed by atoms with Gasteiger partial charge in [-0.25, -0.2) is 0 Å². The van der Waals surface area contributed by atoms with Crippen molar-refractivity contribution in [2.24, 2.45) is 0 Å². The topological polar surface area (TPSA) is 29.1 Å². The molecule has 0 saturated carbocycles. The van der Waals surface area contributed by atoms with E-state index in [9.17, 15) is 4.79 Å². The van der Waals surface area contributed by atoms with E-state index in [1.807, 2.05) is 37.3 Å². The van der Waals surface area contributed by atoms with Crippen LogP contribution in [0.4, 0.5) is 5.69 Å². The highest BCUT2D eigenvalue weighted by Gasteiger charge is 2.13. The fourth-order valence-electron chi connectivity index (χ4n) is 2.42. The van der Waals surface area contributed by atoms with Gasteiger partial charge in [-0.15, -0.1) is 0 Å². The molecule has 0 bridgehead atoms. The minimum atomic E-state index is 0.00390. The standard InChI is InChI=1S/C20H25NO/c1-14-7-6-8-17(11-14)19(22)13-16-10-9-15(2)18(12-16)21-20(3,4)5/h6-12,21H,13H2,1-5H3. The van der Waals surface area contributed by atoms with E-state index in [2.05, 4.69) is 45.1 Å². The summed E-state index contributed by atoms with van der Waals surface area (Å²) in [6, 6.07) is 14.0. The van der Waals surface area contributed by atoms with Gasteiger partial charge in [-0.1, -0.05) is 35.9 Å². The second kappa shape index (κ2) is 6.35. The van der Waals surface area contributed by atoms with E-state index in [1.54, 1.807) is 0 Å². The maximum atomic E-state index is 12.4. The van der Waals surface area contributed by atoms with E-state index in [-0.39, 0.29) is 11.3 Å². The second-order valence-electron chi connectivity index (χ2n) is 6.99. The highest BCUT2D eigenvalue weighted by Crippen LogP contribution is 2.22. The first-order chi connectivity index (χ1) is 10.2. The Bertz CT molecular complexity index is 680. The first kappa shape index (κ1) is 16.3. The number of aryl methyl sites for hydroxylation is 2. The van der Waals surface area contributed by atoms with Gasteiger partial charge in [-0.2, -0.15) is 0 Å². The Labute approximate surface area is 133 Å². The Hall–Kier alpha value is -2.09. The number of hydrogen-bond acceptors (Lipinski definition) is 2. The molecule has 0 fully saturated rings. The van der Waals surface area contributed by atoms with Crippen molar-refractivity contribution in [1.29, 1.82) is 0 Å². The van der Waals surface area contributed by atoms with Crippen LogP contribution >= 0.6 is 0 Å². The number of rotatable bonds is 4. The van der Waals surface area contributed by atoms with Crippen LogP contribution in [0.2, 0.25) is 0 Å². The molecule has 0 amide bonds. The summed E-state index contributed by atoms with van der Waals surface area (Å²) in [4.78, 5) is 12.4. The molecule has 0 aliphatic carbocycles. The molecule has 0 unspecified atom stereocenters. The van der Waals surface area contributed by atoms with Gasteiger partial charge < -0.3 is 5.32 Å². The second-order valence-corrected chi connectivity index (χ2v) is 6.99. The van der Waals surface area contributed by atoms with Crippen LogP contribution in [-0.4, -0.2) is 11.3 Å². The first-order valence-corrected chi connectivity index (χ1v) is 7.72. The average Bonchev–Trinajstić information content (AvgIpc) is 2.41. The Balaban J connectivity index is 2.19. The van der Waals surface area contributed by atoms with Crippen LogP contribution in [0.5, 0.6) is 0 Å². The molecule has 0 saturated heterocycles. The van der Waals surface area contributed by atoms with Crippen LogP contribution in [0.25, 0.3) is 0 Å². The van der Waals surface area contributed by atoms with Gasteiger partial charge in [0, 0.05) is 23.2 Å². The summed E-state index contributed by atoms with van der Waals surface area (Å²) in [7, 11) is 0. The van der Waals surface area contributed by atoms with Crippen molar-refractivity contribution in [2.75, 3.05) is 5.32 Å². The summed E-state index contributed by atoms with van der Waals surface area (Å²) in [5.41, 5.74) is 5.24. The summed E-state index contributed by atoms with van der Waals surface area (Å²) in [5.74, 6) is 0.161. The Morgan fingerprint density at radius 1 is 1.05 bits per heavy atom. The van der Waals surface area contributed by atoms with E-state index < -0.39 is 0 Å². The van der Waals surface area contributed by atoms with Gasteiger partial charge in [0.2, 0.25) is 0 Å². The molecule has 0 radical (unpaired) electrons. The van der Waals surface area contributed by atoms with Gasteiger partial charge in [0.15, 0.2) is 5.78 Å². The molecule has 2 rings (SSSR count). The zero-order chi connectivity index (χ0) is 16.3. The molecular weight excluding hydrogens is 270 g/mol. The Morgan fingerprint density at radius 2 is 1.77 bits per heavy atom. The third-order valence-electron chi connectivity index (χ3n) is 3.52. The number of hydrogen-bond donors (Lipinski definition) is 1. The molecule has 2 heteroatoms. The molecule has 116 valence electrons. The number of nitrogens with one attached hydrogen (secondary N) is 1. The van der Waals surface area contributed by atoms with Crippen LogP contribution in [0.15, 0.2) is 42.5 Å². The minimum absolute atomic E-state index is 0.00390. The number of anilines is 1. The lowest BCUT2D eigenvalue weighted by atomic mass is 9.99. The molecule has 0 heterocycles. The average molecular weight is 295 g/mol. The summed E-state index contributed by atoms with van der Waals surface area (Å²) < 4.78 is 0. The highest BCUT2D eigenvalue weighted by molar-refractivity contribution is 5.97. The van der Waals surface area contributed by atoms with Crippen molar-refractivity contribution in [2.45, 2.75) is 46.6 Å². The smallest absolute Gasteiger partial charge is 0.167 e. The van der Waals surface area contributed by atoms with Gasteiger partial charge in [-0.05, 0) is 57.9 Å². The highest BCUT2D eigenvalue weighted by atomic mass is 16.1. The predicted molar refractivity (Wildman–Crippen MR) is 93.8 cm³/mol. The molecule has 2 nitrogen and oxygen atoms in total. The SMILES string of the molecule is Cc1cccc(C(=O)Cc2ccc(C)c(NC(C)(C)C)c2)c1. The predicted octanol–water partition coefficient (Wildman–Crippen LogP) is 4.94. The maximum Gasteiger partial charge on any atom is 0.167 e. The fourth-order valence-corrected chi connectivity index (χ4v) is 2.42. The molecule has 1 N–H and O–H groups in total. The maximum absolute atomic E-state index is 12.4. The van der Waals surface area contributed by atoms with Crippen LogP contribution in [0, 0.1) is 13.8 Å². The Kier molecular flexibility index (Phi) is 4.70. The molecular formula is C20H25NO. The molecule has 2 aromatic carbocycles. The first-order valence-electron chi connectivity index (χ1n) is 7.72. The van der Waals surface area contributed by atoms with Crippen molar-refractivity contribution < 1.29 is 4.79 Å². The van der Waals surface area contributed by atoms with E-state index in [1.165, 1.54) is 5.56 Å². The molecule has 0 aliphatic heterocycles. The quantitative estimate of drug-likeness (QED) is 0.809. The molecule has 0 spiro atoms. The number of Topliss-reactive ketones (excluding diaryl/α,β-unsaturated/α-hetero) is 1. The number of ketones is 1. The van der Waals surface area contributed by atoms with Gasteiger partial charge in [0.05, 0.1) is 0 Å².